The van der Waals surface area contributed by atoms with E-state index in [0.29, 0.717) is 21.6 Å². The fraction of sp³-hybridized carbons (Fsp3) is 0.658. The molecule has 4 rings (SSSR count). The summed E-state index contributed by atoms with van der Waals surface area (Å²) in [6.07, 6.45) is 27.7. The third kappa shape index (κ3) is 11.7. The summed E-state index contributed by atoms with van der Waals surface area (Å²) in [7, 11) is 0. The fourth-order valence-corrected chi connectivity index (χ4v) is 11.1. The Balaban J connectivity index is 1.36. The summed E-state index contributed by atoms with van der Waals surface area (Å²) in [6, 6.07) is 4.12. The lowest BCUT2D eigenvalue weighted by atomic mass is 10.0. The number of halogens is 4. The number of rotatable bonds is 24. The molecular formula is C38H54Br2F2N2S3. The molecule has 0 amide bonds. The van der Waals surface area contributed by atoms with E-state index in [4.69, 9.17) is 0 Å². The van der Waals surface area contributed by atoms with Crippen molar-refractivity contribution in [3.05, 3.63) is 56.5 Å². The van der Waals surface area contributed by atoms with Crippen molar-refractivity contribution in [2.75, 3.05) is 0 Å². The summed E-state index contributed by atoms with van der Waals surface area (Å²) in [4.78, 5) is 1.53. The lowest BCUT2D eigenvalue weighted by Gasteiger charge is -2.25. The molecule has 0 saturated carbocycles. The maximum Gasteiger partial charge on any atom is 0.228 e. The molecule has 1 unspecified atom stereocenters. The number of hydrogen-bond donors (Lipinski definition) is 0. The number of unbranched alkanes of at least 4 members (excludes halogenated alkanes) is 18. The molecule has 1 aliphatic heterocycles. The van der Waals surface area contributed by atoms with Crippen LogP contribution >= 0.6 is 66.1 Å². The van der Waals surface area contributed by atoms with E-state index in [1.54, 1.807) is 6.20 Å². The van der Waals surface area contributed by atoms with E-state index in [9.17, 15) is 0 Å². The van der Waals surface area contributed by atoms with Gasteiger partial charge in [-0.05, 0) is 92.3 Å². The van der Waals surface area contributed by atoms with Crippen LogP contribution in [0.15, 0.2) is 25.9 Å². The number of thiophene rings is 2. The molecule has 0 aliphatic carbocycles. The first kappa shape index (κ1) is 39.2. The summed E-state index contributed by atoms with van der Waals surface area (Å²) >= 11 is 11.7. The van der Waals surface area contributed by atoms with Gasteiger partial charge in [0.25, 0.3) is 0 Å². The highest BCUT2D eigenvalue weighted by Gasteiger charge is 2.34. The molecule has 1 aliphatic rings. The highest BCUT2D eigenvalue weighted by Crippen LogP contribution is 2.40. The molecule has 0 spiro atoms. The Bertz CT molecular complexity index is 1360. The van der Waals surface area contributed by atoms with Crippen molar-refractivity contribution < 1.29 is 8.87 Å². The van der Waals surface area contributed by atoms with Gasteiger partial charge in [-0.3, -0.25) is 0 Å². The molecule has 4 heterocycles. The van der Waals surface area contributed by atoms with Crippen molar-refractivity contribution in [3.63, 3.8) is 0 Å². The maximum absolute atomic E-state index is 16.1. The zero-order valence-corrected chi connectivity index (χ0v) is 34.1. The summed E-state index contributed by atoms with van der Waals surface area (Å²) in [5.41, 5.74) is 3.06. The van der Waals surface area contributed by atoms with Crippen molar-refractivity contribution in [1.29, 1.82) is 0 Å². The normalized spacial score (nSPS) is 14.9. The minimum Gasteiger partial charge on any atom is -0.215 e. The van der Waals surface area contributed by atoms with E-state index in [1.165, 1.54) is 161 Å². The highest BCUT2D eigenvalue weighted by atomic mass is 79.9. The second-order valence-corrected chi connectivity index (χ2v) is 18.7. The minimum absolute atomic E-state index is 0.297. The largest absolute Gasteiger partial charge is 0.228 e. The van der Waals surface area contributed by atoms with Gasteiger partial charge in [0.15, 0.2) is 0 Å². The molecule has 0 radical (unpaired) electrons. The van der Waals surface area contributed by atoms with Gasteiger partial charge in [-0.1, -0.05) is 134 Å². The van der Waals surface area contributed by atoms with Crippen LogP contribution in [0.1, 0.15) is 163 Å². The Morgan fingerprint density at radius 3 is 1.57 bits per heavy atom. The molecule has 0 saturated heterocycles. The fourth-order valence-electron chi connectivity index (χ4n) is 6.53. The van der Waals surface area contributed by atoms with Gasteiger partial charge in [-0.15, -0.1) is 22.7 Å². The summed E-state index contributed by atoms with van der Waals surface area (Å²) in [5, 5.41) is 1.02. The number of fused-ring (bicyclic) bond motifs is 1. The standard InChI is InChI=1S/C38H54Br2F2N2S3/c1-3-5-7-9-11-13-15-17-19-21-23-28-25-31(45-36(28)39)33-35-30(27-43-47-35)34(44(42)38(33)41)32-26-29(37(40)46-32)24-22-20-18-16-14-12-10-8-6-4-2/h25-27,38H,3-24H2,1-2H3. The molecule has 47 heavy (non-hydrogen) atoms. The summed E-state index contributed by atoms with van der Waals surface area (Å²) < 4.78 is 39.3. The molecule has 0 aromatic carbocycles. The SMILES string of the molecule is CCCCCCCCCCCCc1cc(C2=c3cnsc3=C(c3cc(CCCCCCCCCCCC)c(Br)s3)C(F)N2F)sc1Br. The van der Waals surface area contributed by atoms with Crippen LogP contribution in [0.3, 0.4) is 0 Å². The van der Waals surface area contributed by atoms with Crippen LogP contribution in [-0.4, -0.2) is 15.8 Å². The Labute approximate surface area is 311 Å². The van der Waals surface area contributed by atoms with Crippen LogP contribution in [0.25, 0.3) is 11.3 Å². The van der Waals surface area contributed by atoms with Crippen LogP contribution in [0.4, 0.5) is 8.87 Å². The Kier molecular flexibility index (Phi) is 18.0. The van der Waals surface area contributed by atoms with Crippen molar-refractivity contribution in [3.8, 4) is 0 Å². The lowest BCUT2D eigenvalue weighted by molar-refractivity contribution is 0.0122. The van der Waals surface area contributed by atoms with Crippen molar-refractivity contribution in [2.45, 2.75) is 161 Å². The zero-order chi connectivity index (χ0) is 33.4. The number of nitrogens with zero attached hydrogens (tertiary/aromatic N) is 2. The number of hydrogen-bond acceptors (Lipinski definition) is 5. The predicted molar refractivity (Wildman–Crippen MR) is 209 cm³/mol. The van der Waals surface area contributed by atoms with Gasteiger partial charge in [0.2, 0.25) is 6.30 Å². The molecule has 0 fully saturated rings. The van der Waals surface area contributed by atoms with Gasteiger partial charge in [0.1, 0.15) is 5.70 Å². The minimum atomic E-state index is -1.88. The molecule has 3 aromatic heterocycles. The number of aromatic nitrogens is 1. The third-order valence-electron chi connectivity index (χ3n) is 9.33. The second-order valence-electron chi connectivity index (χ2n) is 13.2. The Morgan fingerprint density at radius 1 is 0.660 bits per heavy atom. The zero-order valence-electron chi connectivity index (χ0n) is 28.5. The second kappa shape index (κ2) is 21.6. The van der Waals surface area contributed by atoms with Gasteiger partial charge >= 0.3 is 0 Å². The number of aryl methyl sites for hydroxylation is 2. The van der Waals surface area contributed by atoms with Gasteiger partial charge < -0.3 is 0 Å². The molecule has 3 aromatic rings. The monoisotopic (exact) mass is 830 g/mol. The number of alkyl halides is 1. The van der Waals surface area contributed by atoms with Crippen molar-refractivity contribution in [1.82, 2.24) is 9.50 Å². The maximum atomic E-state index is 16.1. The van der Waals surface area contributed by atoms with E-state index in [0.717, 1.165) is 47.5 Å². The molecule has 0 bridgehead atoms. The van der Waals surface area contributed by atoms with Gasteiger partial charge in [0.05, 0.1) is 23.2 Å². The van der Waals surface area contributed by atoms with E-state index in [-0.39, 0.29) is 0 Å². The van der Waals surface area contributed by atoms with Gasteiger partial charge in [0, 0.05) is 15.7 Å². The first-order valence-electron chi connectivity index (χ1n) is 18.3. The summed E-state index contributed by atoms with van der Waals surface area (Å²) in [6.45, 7) is 4.53. The van der Waals surface area contributed by atoms with E-state index in [1.807, 2.05) is 0 Å². The molecule has 0 N–H and O–H groups in total. The van der Waals surface area contributed by atoms with Crippen LogP contribution in [0.2, 0.25) is 0 Å². The van der Waals surface area contributed by atoms with Crippen LogP contribution in [0.5, 0.6) is 0 Å². The van der Waals surface area contributed by atoms with E-state index >= 15 is 8.87 Å². The smallest absolute Gasteiger partial charge is 0.215 e. The molecule has 9 heteroatoms. The first-order chi connectivity index (χ1) is 23.0. The quantitative estimate of drug-likeness (QED) is 0.0508. The Morgan fingerprint density at radius 2 is 1.09 bits per heavy atom. The molecule has 1 atom stereocenters. The van der Waals surface area contributed by atoms with E-state index in [2.05, 4.69) is 62.2 Å². The predicted octanol–water partition coefficient (Wildman–Crippen LogP) is 13.6. The summed E-state index contributed by atoms with van der Waals surface area (Å²) in [5.74, 6) is 0. The van der Waals surface area contributed by atoms with Crippen molar-refractivity contribution in [2.24, 2.45) is 0 Å². The van der Waals surface area contributed by atoms with Crippen LogP contribution in [0, 0.1) is 0 Å². The molecule has 262 valence electrons. The van der Waals surface area contributed by atoms with Crippen LogP contribution < -0.4 is 9.75 Å². The van der Waals surface area contributed by atoms with Gasteiger partial charge in [-0.25, -0.2) is 4.39 Å². The van der Waals surface area contributed by atoms with Crippen LogP contribution in [-0.2, 0) is 12.8 Å². The molecule has 2 nitrogen and oxygen atoms in total. The average molecular weight is 833 g/mol. The van der Waals surface area contributed by atoms with Crippen molar-refractivity contribution >= 4 is 77.3 Å². The first-order valence-corrected chi connectivity index (χ1v) is 22.3. The van der Waals surface area contributed by atoms with E-state index < -0.39 is 6.30 Å². The Hall–Kier alpha value is -0.610. The topological polar surface area (TPSA) is 16.1 Å². The lowest BCUT2D eigenvalue weighted by Crippen LogP contribution is -2.41. The van der Waals surface area contributed by atoms with Gasteiger partial charge in [-0.2, -0.15) is 9.50 Å². The highest BCUT2D eigenvalue weighted by molar-refractivity contribution is 9.11. The third-order valence-corrected chi connectivity index (χ3v) is 14.1. The average Bonchev–Trinajstić information content (AvgIpc) is 3.78. The molecular weight excluding hydrogens is 778 g/mol.